The van der Waals surface area contributed by atoms with Gasteiger partial charge < -0.3 is 21.3 Å². The van der Waals surface area contributed by atoms with Crippen molar-refractivity contribution in [2.45, 2.75) is 40.8 Å². The number of hydrogen-bond acceptors (Lipinski definition) is 4. The molecule has 0 aliphatic rings. The van der Waals surface area contributed by atoms with Gasteiger partial charge in [0.1, 0.15) is 0 Å². The molecule has 3 aromatic carbocycles. The average Bonchev–Trinajstić information content (AvgIpc) is 2.84. The summed E-state index contributed by atoms with van der Waals surface area (Å²) in [4.78, 5) is 49.0. The van der Waals surface area contributed by atoms with Crippen molar-refractivity contribution in [2.75, 3.05) is 10.6 Å². The van der Waals surface area contributed by atoms with Gasteiger partial charge in [0.15, 0.2) is 0 Å². The Balaban J connectivity index is 1.49. The minimum atomic E-state index is -0.753. The SMILES string of the molecule is Cc1ccc(NC(=O)C(=O)NCc2cccc(CNC(=O)C(=O)Nc3ccc(C)cc3C)c2)c(C)c1. The monoisotopic (exact) mass is 486 g/mol. The number of anilines is 2. The van der Waals surface area contributed by atoms with Gasteiger partial charge in [-0.2, -0.15) is 0 Å². The maximum Gasteiger partial charge on any atom is 0.313 e. The number of benzene rings is 3. The predicted molar refractivity (Wildman–Crippen MR) is 139 cm³/mol. The fourth-order valence-corrected chi connectivity index (χ4v) is 3.64. The Labute approximate surface area is 210 Å². The fraction of sp³-hybridized carbons (Fsp3) is 0.214. The van der Waals surface area contributed by atoms with Crippen LogP contribution in [0.1, 0.15) is 33.4 Å². The Hall–Kier alpha value is -4.46. The minimum absolute atomic E-state index is 0.133. The van der Waals surface area contributed by atoms with Crippen molar-refractivity contribution in [3.8, 4) is 0 Å². The lowest BCUT2D eigenvalue weighted by atomic mass is 10.1. The maximum absolute atomic E-state index is 12.2. The van der Waals surface area contributed by atoms with Crippen LogP contribution >= 0.6 is 0 Å². The van der Waals surface area contributed by atoms with E-state index in [2.05, 4.69) is 21.3 Å². The van der Waals surface area contributed by atoms with Gasteiger partial charge in [0, 0.05) is 24.5 Å². The number of rotatable bonds is 6. The van der Waals surface area contributed by atoms with E-state index in [0.29, 0.717) is 11.4 Å². The largest absolute Gasteiger partial charge is 0.344 e. The lowest BCUT2D eigenvalue weighted by Gasteiger charge is -2.11. The second-order valence-corrected chi connectivity index (χ2v) is 8.73. The minimum Gasteiger partial charge on any atom is -0.344 e. The maximum atomic E-state index is 12.2. The van der Waals surface area contributed by atoms with Crippen LogP contribution in [0.2, 0.25) is 0 Å². The summed E-state index contributed by atoms with van der Waals surface area (Å²) in [5, 5.41) is 10.4. The van der Waals surface area contributed by atoms with Gasteiger partial charge in [-0.3, -0.25) is 19.2 Å². The van der Waals surface area contributed by atoms with Crippen molar-refractivity contribution in [3.63, 3.8) is 0 Å². The molecule has 0 spiro atoms. The van der Waals surface area contributed by atoms with Crippen LogP contribution < -0.4 is 21.3 Å². The second-order valence-electron chi connectivity index (χ2n) is 8.73. The molecule has 0 fully saturated rings. The lowest BCUT2D eigenvalue weighted by Crippen LogP contribution is -2.35. The molecule has 4 amide bonds. The molecule has 0 saturated heterocycles. The molecule has 0 heterocycles. The molecule has 8 nitrogen and oxygen atoms in total. The lowest BCUT2D eigenvalue weighted by molar-refractivity contribution is -0.136. The van der Waals surface area contributed by atoms with E-state index >= 15 is 0 Å². The third-order valence-corrected chi connectivity index (χ3v) is 5.57. The molecule has 0 aromatic heterocycles. The van der Waals surface area contributed by atoms with E-state index in [-0.39, 0.29) is 13.1 Å². The van der Waals surface area contributed by atoms with E-state index in [1.165, 1.54) is 0 Å². The molecule has 8 heteroatoms. The summed E-state index contributed by atoms with van der Waals surface area (Å²) in [6.45, 7) is 7.88. The number of nitrogens with one attached hydrogen (secondary N) is 4. The Morgan fingerprint density at radius 3 is 1.36 bits per heavy atom. The van der Waals surface area contributed by atoms with Gasteiger partial charge in [-0.1, -0.05) is 59.7 Å². The molecule has 0 unspecified atom stereocenters. The third-order valence-electron chi connectivity index (χ3n) is 5.57. The summed E-state index contributed by atoms with van der Waals surface area (Å²) >= 11 is 0. The molecular weight excluding hydrogens is 456 g/mol. The Morgan fingerprint density at radius 1 is 0.556 bits per heavy atom. The smallest absolute Gasteiger partial charge is 0.313 e. The molecule has 0 aliphatic heterocycles. The quantitative estimate of drug-likeness (QED) is 0.400. The van der Waals surface area contributed by atoms with Gasteiger partial charge in [-0.05, 0) is 62.1 Å². The molecule has 3 aromatic rings. The van der Waals surface area contributed by atoms with Crippen molar-refractivity contribution in [2.24, 2.45) is 0 Å². The highest BCUT2D eigenvalue weighted by molar-refractivity contribution is 6.40. The number of hydrogen-bond donors (Lipinski definition) is 4. The van der Waals surface area contributed by atoms with E-state index in [1.54, 1.807) is 36.4 Å². The first-order valence-electron chi connectivity index (χ1n) is 11.5. The number of aryl methyl sites for hydroxylation is 4. The first kappa shape index (κ1) is 26.2. The summed E-state index contributed by atoms with van der Waals surface area (Å²) in [6.07, 6.45) is 0. The van der Waals surface area contributed by atoms with E-state index < -0.39 is 23.6 Å². The van der Waals surface area contributed by atoms with E-state index in [4.69, 9.17) is 0 Å². The topological polar surface area (TPSA) is 116 Å². The second kappa shape index (κ2) is 11.8. The molecule has 186 valence electrons. The predicted octanol–water partition coefficient (Wildman–Crippen LogP) is 3.43. The molecule has 0 bridgehead atoms. The highest BCUT2D eigenvalue weighted by atomic mass is 16.2. The van der Waals surface area contributed by atoms with Crippen LogP contribution in [0.3, 0.4) is 0 Å². The first-order valence-corrected chi connectivity index (χ1v) is 11.5. The molecule has 36 heavy (non-hydrogen) atoms. The van der Waals surface area contributed by atoms with Crippen molar-refractivity contribution in [3.05, 3.63) is 94.0 Å². The summed E-state index contributed by atoms with van der Waals surface area (Å²) in [7, 11) is 0. The van der Waals surface area contributed by atoms with Gasteiger partial charge >= 0.3 is 23.6 Å². The summed E-state index contributed by atoms with van der Waals surface area (Å²) in [5.74, 6) is -3.01. The molecular formula is C28H30N4O4. The number of amides is 4. The standard InChI is InChI=1S/C28H30N4O4/c1-17-8-10-23(19(3)12-17)31-27(35)25(33)29-15-21-6-5-7-22(14-21)16-30-26(34)28(36)32-24-11-9-18(2)13-20(24)4/h5-14H,15-16H2,1-4H3,(H,29,33)(H,30,34)(H,31,35)(H,32,36). The third kappa shape index (κ3) is 7.27. The van der Waals surface area contributed by atoms with Crippen LogP contribution in [0, 0.1) is 27.7 Å². The first-order chi connectivity index (χ1) is 17.1. The van der Waals surface area contributed by atoms with Gasteiger partial charge in [-0.25, -0.2) is 0 Å². The van der Waals surface area contributed by atoms with Gasteiger partial charge in [-0.15, -0.1) is 0 Å². The summed E-state index contributed by atoms with van der Waals surface area (Å²) in [5.41, 5.74) is 6.52. The summed E-state index contributed by atoms with van der Waals surface area (Å²) in [6, 6.07) is 18.2. The van der Waals surface area contributed by atoms with Crippen LogP contribution in [0.25, 0.3) is 0 Å². The van der Waals surface area contributed by atoms with Crippen LogP contribution in [0.5, 0.6) is 0 Å². The zero-order chi connectivity index (χ0) is 26.2. The molecule has 0 radical (unpaired) electrons. The molecule has 3 rings (SSSR count). The highest BCUT2D eigenvalue weighted by Gasteiger charge is 2.16. The van der Waals surface area contributed by atoms with E-state index in [1.807, 2.05) is 52.0 Å². The Kier molecular flexibility index (Phi) is 8.57. The van der Waals surface area contributed by atoms with Gasteiger partial charge in [0.05, 0.1) is 0 Å². The van der Waals surface area contributed by atoms with Crippen molar-refractivity contribution in [1.82, 2.24) is 10.6 Å². The zero-order valence-corrected chi connectivity index (χ0v) is 20.8. The van der Waals surface area contributed by atoms with Crippen LogP contribution in [0.15, 0.2) is 60.7 Å². The van der Waals surface area contributed by atoms with Crippen LogP contribution in [-0.2, 0) is 32.3 Å². The zero-order valence-electron chi connectivity index (χ0n) is 20.8. The van der Waals surface area contributed by atoms with Crippen LogP contribution in [0.4, 0.5) is 11.4 Å². The van der Waals surface area contributed by atoms with Gasteiger partial charge in [0.25, 0.3) is 0 Å². The average molecular weight is 487 g/mol. The fourth-order valence-electron chi connectivity index (χ4n) is 3.64. The molecule has 0 saturated carbocycles. The normalized spacial score (nSPS) is 10.3. The van der Waals surface area contributed by atoms with Crippen molar-refractivity contribution in [1.29, 1.82) is 0 Å². The van der Waals surface area contributed by atoms with Gasteiger partial charge in [0.2, 0.25) is 0 Å². The van der Waals surface area contributed by atoms with E-state index in [9.17, 15) is 19.2 Å². The Morgan fingerprint density at radius 2 is 0.972 bits per heavy atom. The number of carbonyl (C=O) groups excluding carboxylic acids is 4. The summed E-state index contributed by atoms with van der Waals surface area (Å²) < 4.78 is 0. The van der Waals surface area contributed by atoms with E-state index in [0.717, 1.165) is 33.4 Å². The molecule has 4 N–H and O–H groups in total. The number of carbonyl (C=O) groups is 4. The van der Waals surface area contributed by atoms with Crippen molar-refractivity contribution < 1.29 is 19.2 Å². The highest BCUT2D eigenvalue weighted by Crippen LogP contribution is 2.17. The molecule has 0 aliphatic carbocycles. The Bertz CT molecular complexity index is 1220. The molecule has 0 atom stereocenters. The van der Waals surface area contributed by atoms with Crippen LogP contribution in [-0.4, -0.2) is 23.6 Å². The van der Waals surface area contributed by atoms with Crippen molar-refractivity contribution >= 4 is 35.0 Å².